The largest absolute Gasteiger partial charge is 0.497 e. The second-order valence-corrected chi connectivity index (χ2v) is 6.42. The smallest absolute Gasteiger partial charge is 0.119 e. The molecule has 1 aromatic rings. The van der Waals surface area contributed by atoms with Crippen LogP contribution in [-0.4, -0.2) is 19.7 Å². The average Bonchev–Trinajstić information content (AvgIpc) is 2.46. The van der Waals surface area contributed by atoms with Crippen LogP contribution < -0.4 is 10.1 Å². The lowest BCUT2D eigenvalue weighted by Crippen LogP contribution is -2.33. The molecular formula is C17H28BrNO. The Morgan fingerprint density at radius 2 is 2.05 bits per heavy atom. The maximum absolute atomic E-state index is 5.33. The molecule has 114 valence electrons. The first-order valence-electron chi connectivity index (χ1n) is 7.66. The van der Waals surface area contributed by atoms with E-state index in [0.29, 0.717) is 6.04 Å². The van der Waals surface area contributed by atoms with Gasteiger partial charge in [0.15, 0.2) is 0 Å². The van der Waals surface area contributed by atoms with E-state index >= 15 is 0 Å². The maximum atomic E-state index is 5.33. The highest BCUT2D eigenvalue weighted by Gasteiger charge is 2.14. The van der Waals surface area contributed by atoms with Crippen LogP contribution >= 0.6 is 15.9 Å². The molecular weight excluding hydrogens is 314 g/mol. The maximum Gasteiger partial charge on any atom is 0.119 e. The van der Waals surface area contributed by atoms with Crippen molar-refractivity contribution >= 4 is 15.9 Å². The van der Waals surface area contributed by atoms with E-state index in [4.69, 9.17) is 4.74 Å². The molecule has 3 heteroatoms. The van der Waals surface area contributed by atoms with Crippen LogP contribution in [0.2, 0.25) is 0 Å². The van der Waals surface area contributed by atoms with Gasteiger partial charge in [-0.15, -0.1) is 0 Å². The molecule has 0 saturated carbocycles. The van der Waals surface area contributed by atoms with Gasteiger partial charge in [-0.2, -0.15) is 0 Å². The summed E-state index contributed by atoms with van der Waals surface area (Å²) in [6, 6.07) is 6.75. The quantitative estimate of drug-likeness (QED) is 0.696. The molecule has 0 aliphatic rings. The molecule has 20 heavy (non-hydrogen) atoms. The summed E-state index contributed by atoms with van der Waals surface area (Å²) in [5, 5.41) is 3.69. The molecule has 0 aliphatic heterocycles. The second kappa shape index (κ2) is 9.41. The van der Waals surface area contributed by atoms with Crippen molar-refractivity contribution in [2.75, 3.05) is 13.7 Å². The van der Waals surface area contributed by atoms with Gasteiger partial charge in [-0.05, 0) is 55.5 Å². The number of benzene rings is 1. The van der Waals surface area contributed by atoms with Crippen LogP contribution in [0.25, 0.3) is 0 Å². The summed E-state index contributed by atoms with van der Waals surface area (Å²) in [7, 11) is 1.72. The van der Waals surface area contributed by atoms with E-state index < -0.39 is 0 Å². The van der Waals surface area contributed by atoms with E-state index in [0.717, 1.165) is 24.6 Å². The van der Waals surface area contributed by atoms with E-state index in [1.165, 1.54) is 29.3 Å². The van der Waals surface area contributed by atoms with Gasteiger partial charge in [-0.25, -0.2) is 0 Å². The van der Waals surface area contributed by atoms with Gasteiger partial charge in [0.25, 0.3) is 0 Å². The summed E-state index contributed by atoms with van der Waals surface area (Å²) >= 11 is 3.66. The summed E-state index contributed by atoms with van der Waals surface area (Å²) < 4.78 is 6.51. The number of rotatable bonds is 9. The van der Waals surface area contributed by atoms with Crippen molar-refractivity contribution < 1.29 is 4.74 Å². The highest BCUT2D eigenvalue weighted by Crippen LogP contribution is 2.25. The number of hydrogen-bond acceptors (Lipinski definition) is 2. The predicted molar refractivity (Wildman–Crippen MR) is 90.6 cm³/mol. The summed E-state index contributed by atoms with van der Waals surface area (Å²) in [5.41, 5.74) is 1.32. The zero-order valence-electron chi connectivity index (χ0n) is 13.2. The zero-order chi connectivity index (χ0) is 15.0. The first-order chi connectivity index (χ1) is 9.60. The highest BCUT2D eigenvalue weighted by atomic mass is 79.9. The van der Waals surface area contributed by atoms with Crippen LogP contribution in [-0.2, 0) is 6.42 Å². The number of nitrogens with one attached hydrogen (secondary N) is 1. The Hall–Kier alpha value is -0.540. The summed E-state index contributed by atoms with van der Waals surface area (Å²) in [5.74, 6) is 1.69. The Morgan fingerprint density at radius 1 is 1.30 bits per heavy atom. The summed E-state index contributed by atoms with van der Waals surface area (Å²) in [4.78, 5) is 0. The molecule has 1 aromatic carbocycles. The van der Waals surface area contributed by atoms with E-state index in [1.54, 1.807) is 7.11 Å². The van der Waals surface area contributed by atoms with Crippen LogP contribution in [0.15, 0.2) is 22.7 Å². The van der Waals surface area contributed by atoms with E-state index in [1.807, 2.05) is 6.07 Å². The molecule has 2 atom stereocenters. The van der Waals surface area contributed by atoms with Crippen LogP contribution in [0.5, 0.6) is 5.75 Å². The molecule has 0 radical (unpaired) electrons. The molecule has 0 fully saturated rings. The van der Waals surface area contributed by atoms with E-state index in [-0.39, 0.29) is 0 Å². The zero-order valence-corrected chi connectivity index (χ0v) is 14.8. The van der Waals surface area contributed by atoms with Crippen molar-refractivity contribution in [1.29, 1.82) is 0 Å². The van der Waals surface area contributed by atoms with Crippen LogP contribution in [0, 0.1) is 5.92 Å². The molecule has 1 N–H and O–H groups in total. The van der Waals surface area contributed by atoms with E-state index in [9.17, 15) is 0 Å². The lowest BCUT2D eigenvalue weighted by Gasteiger charge is -2.22. The Bertz CT molecular complexity index is 395. The van der Waals surface area contributed by atoms with Gasteiger partial charge in [0, 0.05) is 10.5 Å². The number of hydrogen-bond donors (Lipinski definition) is 1. The molecule has 0 bridgehead atoms. The van der Waals surface area contributed by atoms with Crippen molar-refractivity contribution in [2.24, 2.45) is 5.92 Å². The fourth-order valence-electron chi connectivity index (χ4n) is 2.34. The first-order valence-corrected chi connectivity index (χ1v) is 8.45. The van der Waals surface area contributed by atoms with Gasteiger partial charge >= 0.3 is 0 Å². The van der Waals surface area contributed by atoms with Gasteiger partial charge in [-0.3, -0.25) is 0 Å². The molecule has 2 unspecified atom stereocenters. The summed E-state index contributed by atoms with van der Waals surface area (Å²) in [6.45, 7) is 7.90. The minimum atomic E-state index is 0.535. The molecule has 0 amide bonds. The molecule has 0 aliphatic carbocycles. The lowest BCUT2D eigenvalue weighted by molar-refractivity contribution is 0.389. The summed E-state index contributed by atoms with van der Waals surface area (Å²) in [6.07, 6.45) is 4.68. The topological polar surface area (TPSA) is 21.3 Å². The van der Waals surface area contributed by atoms with Crippen molar-refractivity contribution in [2.45, 2.75) is 52.5 Å². The third-order valence-corrected chi connectivity index (χ3v) is 4.56. The number of ether oxygens (including phenoxy) is 1. The van der Waals surface area contributed by atoms with Crippen LogP contribution in [0.1, 0.15) is 45.6 Å². The Kier molecular flexibility index (Phi) is 8.24. The Morgan fingerprint density at radius 3 is 2.65 bits per heavy atom. The first kappa shape index (κ1) is 17.5. The molecule has 0 heterocycles. The van der Waals surface area contributed by atoms with Crippen molar-refractivity contribution in [3.63, 3.8) is 0 Å². The Balaban J connectivity index is 2.76. The standard InChI is InChI=1S/C17H28BrNO/c1-5-9-19-15(10-13(3)6-2)11-14-12-16(20-4)7-8-17(14)18/h7-8,12-13,15,19H,5-6,9-11H2,1-4H3. The fourth-order valence-corrected chi connectivity index (χ4v) is 2.75. The molecule has 0 saturated heterocycles. The highest BCUT2D eigenvalue weighted by molar-refractivity contribution is 9.10. The van der Waals surface area contributed by atoms with Gasteiger partial charge in [0.2, 0.25) is 0 Å². The number of methoxy groups -OCH3 is 1. The monoisotopic (exact) mass is 341 g/mol. The van der Waals surface area contributed by atoms with Crippen LogP contribution in [0.4, 0.5) is 0 Å². The van der Waals surface area contributed by atoms with Crippen molar-refractivity contribution in [3.8, 4) is 5.75 Å². The molecule has 1 rings (SSSR count). The van der Waals surface area contributed by atoms with Gasteiger partial charge in [0.1, 0.15) is 5.75 Å². The van der Waals surface area contributed by atoms with E-state index in [2.05, 4.69) is 54.2 Å². The van der Waals surface area contributed by atoms with Gasteiger partial charge < -0.3 is 10.1 Å². The van der Waals surface area contributed by atoms with Crippen molar-refractivity contribution in [1.82, 2.24) is 5.32 Å². The minimum Gasteiger partial charge on any atom is -0.497 e. The second-order valence-electron chi connectivity index (χ2n) is 5.56. The molecule has 0 aromatic heterocycles. The Labute approximate surface area is 132 Å². The lowest BCUT2D eigenvalue weighted by atomic mass is 9.94. The SMILES string of the molecule is CCCNC(Cc1cc(OC)ccc1Br)CC(C)CC. The van der Waals surface area contributed by atoms with Crippen LogP contribution in [0.3, 0.4) is 0 Å². The third kappa shape index (κ3) is 5.84. The average molecular weight is 342 g/mol. The number of halogens is 1. The minimum absolute atomic E-state index is 0.535. The molecule has 2 nitrogen and oxygen atoms in total. The van der Waals surface area contributed by atoms with Gasteiger partial charge in [0.05, 0.1) is 7.11 Å². The fraction of sp³-hybridized carbons (Fsp3) is 0.647. The normalized spacial score (nSPS) is 14.1. The molecule has 0 spiro atoms. The van der Waals surface area contributed by atoms with Gasteiger partial charge in [-0.1, -0.05) is 43.1 Å². The predicted octanol–water partition coefficient (Wildman–Crippen LogP) is 4.80. The van der Waals surface area contributed by atoms with Crippen molar-refractivity contribution in [3.05, 3.63) is 28.2 Å². The third-order valence-electron chi connectivity index (χ3n) is 3.79.